The molecule has 1 fully saturated rings. The first kappa shape index (κ1) is 15.9. The van der Waals surface area contributed by atoms with E-state index in [4.69, 9.17) is 4.74 Å². The highest BCUT2D eigenvalue weighted by molar-refractivity contribution is 6.01. The Balaban J connectivity index is 1.86. The Morgan fingerprint density at radius 1 is 1.33 bits per heavy atom. The fourth-order valence-corrected chi connectivity index (χ4v) is 2.49. The van der Waals surface area contributed by atoms with E-state index < -0.39 is 11.8 Å². The summed E-state index contributed by atoms with van der Waals surface area (Å²) in [5, 5.41) is 2.56. The van der Waals surface area contributed by atoms with E-state index in [1.54, 1.807) is 0 Å². The van der Waals surface area contributed by atoms with E-state index >= 15 is 0 Å². The van der Waals surface area contributed by atoms with Crippen molar-refractivity contribution in [3.8, 4) is 17.0 Å². The van der Waals surface area contributed by atoms with Gasteiger partial charge in [0, 0.05) is 24.6 Å². The molecule has 0 bridgehead atoms. The Bertz CT molecular complexity index is 797. The van der Waals surface area contributed by atoms with Crippen molar-refractivity contribution in [1.29, 1.82) is 0 Å². The first-order chi connectivity index (χ1) is 11.6. The van der Waals surface area contributed by atoms with Gasteiger partial charge in [-0.15, -0.1) is 0 Å². The predicted molar refractivity (Wildman–Crippen MR) is 83.9 cm³/mol. The summed E-state index contributed by atoms with van der Waals surface area (Å²) < 4.78 is 18.7. The molecule has 1 N–H and O–H groups in total. The number of anilines is 1. The van der Waals surface area contributed by atoms with E-state index in [2.05, 4.69) is 15.3 Å². The van der Waals surface area contributed by atoms with Crippen molar-refractivity contribution >= 4 is 17.8 Å². The molecule has 2 aromatic rings. The van der Waals surface area contributed by atoms with Gasteiger partial charge in [-0.25, -0.2) is 19.2 Å². The van der Waals surface area contributed by atoms with Gasteiger partial charge in [-0.05, 0) is 24.6 Å². The molecule has 1 aliphatic rings. The van der Waals surface area contributed by atoms with Gasteiger partial charge in [-0.3, -0.25) is 15.0 Å². The number of aromatic nitrogens is 2. The van der Waals surface area contributed by atoms with Crippen LogP contribution in [0.5, 0.6) is 5.75 Å². The number of halogens is 1. The number of nitrogens with one attached hydrogen (secondary N) is 1. The van der Waals surface area contributed by atoms with Gasteiger partial charge < -0.3 is 4.74 Å². The normalized spacial score (nSPS) is 13.9. The lowest BCUT2D eigenvalue weighted by atomic mass is 10.1. The molecule has 24 heavy (non-hydrogen) atoms. The maximum Gasteiger partial charge on any atom is 0.329 e. The van der Waals surface area contributed by atoms with Crippen LogP contribution >= 0.6 is 0 Å². The lowest BCUT2D eigenvalue weighted by Crippen LogP contribution is -2.35. The molecule has 0 aliphatic carbocycles. The number of benzene rings is 1. The van der Waals surface area contributed by atoms with Crippen LogP contribution in [0.15, 0.2) is 30.6 Å². The number of hydrogen-bond acceptors (Lipinski definition) is 5. The molecule has 0 radical (unpaired) electrons. The fraction of sp³-hybridized carbons (Fsp3) is 0.250. The Morgan fingerprint density at radius 3 is 2.88 bits per heavy atom. The maximum absolute atomic E-state index is 13.5. The first-order valence-corrected chi connectivity index (χ1v) is 7.36. The largest absolute Gasteiger partial charge is 0.496 e. The smallest absolute Gasteiger partial charge is 0.329 e. The van der Waals surface area contributed by atoms with Gasteiger partial charge in [-0.2, -0.15) is 0 Å². The van der Waals surface area contributed by atoms with E-state index in [1.165, 1.54) is 37.7 Å². The first-order valence-electron chi connectivity index (χ1n) is 7.36. The number of carbonyl (C=O) groups excluding carboxylic acids is 2. The molecule has 3 rings (SSSR count). The summed E-state index contributed by atoms with van der Waals surface area (Å²) in [5.74, 6) is 0.0179. The van der Waals surface area contributed by atoms with Crippen molar-refractivity contribution in [2.45, 2.75) is 12.8 Å². The minimum atomic E-state index is -0.534. The zero-order valence-electron chi connectivity index (χ0n) is 13.0. The van der Waals surface area contributed by atoms with Crippen LogP contribution in [0, 0.1) is 5.82 Å². The molecule has 7 nitrogen and oxygen atoms in total. The molecule has 0 unspecified atom stereocenters. The van der Waals surface area contributed by atoms with Crippen molar-refractivity contribution in [2.24, 2.45) is 0 Å². The molecule has 2 heterocycles. The van der Waals surface area contributed by atoms with E-state index in [0.717, 1.165) is 4.90 Å². The molecular weight excluding hydrogens is 315 g/mol. The van der Waals surface area contributed by atoms with E-state index in [-0.39, 0.29) is 11.7 Å². The van der Waals surface area contributed by atoms with Crippen LogP contribution in [-0.2, 0) is 4.79 Å². The SMILES string of the molecule is COc1ccc(F)cc1-c1cc(NC(=O)N2CCCC2=O)ncn1. The predicted octanol–water partition coefficient (Wildman–Crippen LogP) is 2.45. The summed E-state index contributed by atoms with van der Waals surface area (Å²) in [6.45, 7) is 0.389. The summed E-state index contributed by atoms with van der Waals surface area (Å²) in [5.41, 5.74) is 0.831. The molecule has 1 aromatic carbocycles. The second-order valence-corrected chi connectivity index (χ2v) is 5.21. The molecule has 3 amide bonds. The maximum atomic E-state index is 13.5. The van der Waals surface area contributed by atoms with E-state index in [9.17, 15) is 14.0 Å². The molecule has 0 saturated carbocycles. The van der Waals surface area contributed by atoms with Gasteiger partial charge in [0.1, 0.15) is 23.7 Å². The van der Waals surface area contributed by atoms with Crippen LogP contribution in [-0.4, -0.2) is 40.5 Å². The monoisotopic (exact) mass is 330 g/mol. The summed E-state index contributed by atoms with van der Waals surface area (Å²) in [7, 11) is 1.47. The second-order valence-electron chi connectivity index (χ2n) is 5.21. The van der Waals surface area contributed by atoms with Gasteiger partial charge in [0.2, 0.25) is 5.91 Å². The van der Waals surface area contributed by atoms with Crippen LogP contribution in [0.2, 0.25) is 0 Å². The minimum absolute atomic E-state index is 0.214. The Hall–Kier alpha value is -3.03. The van der Waals surface area contributed by atoms with Crippen LogP contribution in [0.4, 0.5) is 15.0 Å². The number of nitrogens with zero attached hydrogens (tertiary/aromatic N) is 3. The van der Waals surface area contributed by atoms with Gasteiger partial charge >= 0.3 is 6.03 Å². The number of carbonyl (C=O) groups is 2. The number of likely N-dealkylation sites (tertiary alicyclic amines) is 1. The van der Waals surface area contributed by atoms with Crippen molar-refractivity contribution in [3.63, 3.8) is 0 Å². The lowest BCUT2D eigenvalue weighted by molar-refractivity contribution is -0.125. The van der Waals surface area contributed by atoms with Crippen LogP contribution in [0.1, 0.15) is 12.8 Å². The van der Waals surface area contributed by atoms with E-state index in [0.29, 0.717) is 36.4 Å². The van der Waals surface area contributed by atoms with Crippen molar-refractivity contribution in [2.75, 3.05) is 19.0 Å². The molecule has 1 aromatic heterocycles. The fourth-order valence-electron chi connectivity index (χ4n) is 2.49. The van der Waals surface area contributed by atoms with Gasteiger partial charge in [0.15, 0.2) is 0 Å². The number of imide groups is 1. The zero-order valence-corrected chi connectivity index (χ0v) is 13.0. The van der Waals surface area contributed by atoms with Crippen LogP contribution in [0.25, 0.3) is 11.3 Å². The highest BCUT2D eigenvalue weighted by Crippen LogP contribution is 2.30. The summed E-state index contributed by atoms with van der Waals surface area (Å²) >= 11 is 0. The summed E-state index contributed by atoms with van der Waals surface area (Å²) in [4.78, 5) is 32.9. The minimum Gasteiger partial charge on any atom is -0.496 e. The van der Waals surface area contributed by atoms with Crippen molar-refractivity contribution in [1.82, 2.24) is 14.9 Å². The quantitative estimate of drug-likeness (QED) is 0.934. The van der Waals surface area contributed by atoms with Crippen molar-refractivity contribution < 1.29 is 18.7 Å². The summed E-state index contributed by atoms with van der Waals surface area (Å²) in [6.07, 6.45) is 2.27. The number of methoxy groups -OCH3 is 1. The molecule has 124 valence electrons. The third-order valence-corrected chi connectivity index (χ3v) is 3.66. The Kier molecular flexibility index (Phi) is 4.37. The van der Waals surface area contributed by atoms with Gasteiger partial charge in [0.05, 0.1) is 12.8 Å². The van der Waals surface area contributed by atoms with Gasteiger partial charge in [-0.1, -0.05) is 0 Å². The number of hydrogen-bond donors (Lipinski definition) is 1. The number of urea groups is 1. The highest BCUT2D eigenvalue weighted by atomic mass is 19.1. The molecule has 8 heteroatoms. The Morgan fingerprint density at radius 2 is 2.17 bits per heavy atom. The van der Waals surface area contributed by atoms with E-state index in [1.807, 2.05) is 0 Å². The van der Waals surface area contributed by atoms with Crippen LogP contribution < -0.4 is 10.1 Å². The number of ether oxygens (including phenoxy) is 1. The standard InChI is InChI=1S/C16H15FN4O3/c1-24-13-5-4-10(17)7-11(13)12-8-14(19-9-18-12)20-16(23)21-6-2-3-15(21)22/h4-5,7-9H,2-3,6H2,1H3,(H,18,19,20,23). The zero-order chi connectivity index (χ0) is 17.1. The second kappa shape index (κ2) is 6.61. The molecule has 0 spiro atoms. The van der Waals surface area contributed by atoms with Crippen LogP contribution in [0.3, 0.4) is 0 Å². The lowest BCUT2D eigenvalue weighted by Gasteiger charge is -2.14. The number of amides is 3. The highest BCUT2D eigenvalue weighted by Gasteiger charge is 2.26. The molecule has 0 atom stereocenters. The average molecular weight is 330 g/mol. The van der Waals surface area contributed by atoms with Gasteiger partial charge in [0.25, 0.3) is 0 Å². The third-order valence-electron chi connectivity index (χ3n) is 3.66. The molecule has 1 saturated heterocycles. The third kappa shape index (κ3) is 3.17. The topological polar surface area (TPSA) is 84.4 Å². The average Bonchev–Trinajstić information content (AvgIpc) is 3.01. The molecular formula is C16H15FN4O3. The number of rotatable bonds is 3. The summed E-state index contributed by atoms with van der Waals surface area (Å²) in [6, 6.07) is 5.03. The molecule has 1 aliphatic heterocycles. The van der Waals surface area contributed by atoms with Crippen molar-refractivity contribution in [3.05, 3.63) is 36.4 Å². The Labute approximate surface area is 137 Å².